The fraction of sp³-hybridized carbons (Fsp3) is 0.444. The van der Waals surface area contributed by atoms with Gasteiger partial charge in [0, 0.05) is 32.7 Å². The highest BCUT2D eigenvalue weighted by atomic mass is 19.4. The molecule has 10 nitrogen and oxygen atoms in total. The highest BCUT2D eigenvalue weighted by Gasteiger charge is 2.34. The second kappa shape index (κ2) is 15.2. The Hall–Kier alpha value is -3.72. The van der Waals surface area contributed by atoms with E-state index >= 15 is 0 Å². The minimum absolute atomic E-state index is 0.0295. The third-order valence-corrected chi connectivity index (χ3v) is 2.76. The molecule has 0 unspecified atom stereocenters. The molecule has 0 radical (unpaired) electrons. The van der Waals surface area contributed by atoms with Crippen LogP contribution in [0.25, 0.3) is 0 Å². The fourth-order valence-corrected chi connectivity index (χ4v) is 1.42. The summed E-state index contributed by atoms with van der Waals surface area (Å²) in [6, 6.07) is 0. The maximum absolute atomic E-state index is 12.0. The van der Waals surface area contributed by atoms with Crippen LogP contribution in [-0.2, 0) is 25.2 Å². The van der Waals surface area contributed by atoms with Crippen molar-refractivity contribution in [3.05, 3.63) is 35.6 Å². The van der Waals surface area contributed by atoms with Crippen LogP contribution in [0, 0.1) is 5.41 Å². The lowest BCUT2D eigenvalue weighted by atomic mass is 10.3. The van der Waals surface area contributed by atoms with Gasteiger partial charge in [-0.05, 0) is 13.8 Å². The van der Waals surface area contributed by atoms with Gasteiger partial charge in [-0.1, -0.05) is 0 Å². The number of nitrogens with one attached hydrogen (secondary N) is 1. The second-order valence-electron chi connectivity index (χ2n) is 5.81. The topological polar surface area (TPSA) is 149 Å². The Morgan fingerprint density at radius 2 is 1.50 bits per heavy atom. The number of halogens is 6. The van der Waals surface area contributed by atoms with Crippen molar-refractivity contribution in [1.82, 2.24) is 14.9 Å². The summed E-state index contributed by atoms with van der Waals surface area (Å²) in [4.78, 5) is 40.0. The first-order valence-electron chi connectivity index (χ1n) is 8.99. The number of nitrogens with zero attached hydrogens (tertiary/aromatic N) is 3. The Morgan fingerprint density at radius 3 is 1.79 bits per heavy atom. The van der Waals surface area contributed by atoms with Crippen LogP contribution in [-0.4, -0.2) is 72.4 Å². The molecular formula is C18H23F6N5O5. The van der Waals surface area contributed by atoms with Gasteiger partial charge in [0.25, 0.3) is 0 Å². The predicted octanol–water partition coefficient (Wildman–Crippen LogP) is 2.35. The summed E-state index contributed by atoms with van der Waals surface area (Å²) in [5.74, 6) is -4.37. The molecule has 0 aliphatic carbocycles. The first-order valence-corrected chi connectivity index (χ1v) is 8.99. The normalized spacial score (nSPS) is 11.1. The van der Waals surface area contributed by atoms with E-state index in [1.54, 1.807) is 32.8 Å². The number of esters is 2. The molecule has 1 aromatic heterocycles. The Morgan fingerprint density at radius 1 is 1.06 bits per heavy atom. The first kappa shape index (κ1) is 32.5. The number of carbonyl (C=O) groups is 3. The van der Waals surface area contributed by atoms with E-state index in [0.29, 0.717) is 6.29 Å². The number of amidine groups is 1. The second-order valence-corrected chi connectivity index (χ2v) is 5.81. The van der Waals surface area contributed by atoms with Crippen LogP contribution in [0.4, 0.5) is 26.3 Å². The lowest BCUT2D eigenvalue weighted by Gasteiger charge is -2.06. The maximum Gasteiger partial charge on any atom is 0.451 e. The van der Waals surface area contributed by atoms with Crippen LogP contribution < -0.4 is 5.73 Å². The van der Waals surface area contributed by atoms with E-state index in [-0.39, 0.29) is 24.4 Å². The molecule has 0 spiro atoms. The van der Waals surface area contributed by atoms with Crippen LogP contribution in [0.2, 0.25) is 0 Å². The summed E-state index contributed by atoms with van der Waals surface area (Å²) in [5.41, 5.74) is 3.95. The van der Waals surface area contributed by atoms with Crippen LogP contribution in [0.1, 0.15) is 30.0 Å². The average molecular weight is 503 g/mol. The van der Waals surface area contributed by atoms with Gasteiger partial charge in [-0.2, -0.15) is 26.3 Å². The molecule has 0 saturated heterocycles. The number of alkyl halides is 6. The zero-order valence-electron chi connectivity index (χ0n) is 18.5. The lowest BCUT2D eigenvalue weighted by Crippen LogP contribution is -2.29. The fourth-order valence-electron chi connectivity index (χ4n) is 1.42. The van der Waals surface area contributed by atoms with E-state index in [1.807, 2.05) is 0 Å². The minimum atomic E-state index is -4.64. The number of hydrogen-bond acceptors (Lipinski definition) is 9. The van der Waals surface area contributed by atoms with Gasteiger partial charge in [0.2, 0.25) is 5.82 Å². The molecule has 0 saturated carbocycles. The van der Waals surface area contributed by atoms with Gasteiger partial charge in [-0.3, -0.25) is 10.2 Å². The number of carbonyl (C=O) groups excluding carboxylic acids is 3. The Labute approximate surface area is 190 Å². The summed E-state index contributed by atoms with van der Waals surface area (Å²) < 4.78 is 77.8. The summed E-state index contributed by atoms with van der Waals surface area (Å²) in [7, 11) is 3.45. The molecule has 0 aromatic carbocycles. The Bertz CT molecular complexity index is 839. The number of hydrogen-bond donors (Lipinski definition) is 2. The number of rotatable bonds is 6. The number of aromatic nitrogens is 2. The quantitative estimate of drug-likeness (QED) is 0.0872. The van der Waals surface area contributed by atoms with E-state index in [9.17, 15) is 40.7 Å². The zero-order valence-corrected chi connectivity index (χ0v) is 18.5. The molecule has 0 bridgehead atoms. The summed E-state index contributed by atoms with van der Waals surface area (Å²) >= 11 is 0. The summed E-state index contributed by atoms with van der Waals surface area (Å²) in [6.07, 6.45) is -5.77. The third kappa shape index (κ3) is 14.4. The molecule has 0 aliphatic heterocycles. The third-order valence-electron chi connectivity index (χ3n) is 2.76. The van der Waals surface area contributed by atoms with Crippen molar-refractivity contribution in [3.63, 3.8) is 0 Å². The van der Waals surface area contributed by atoms with Crippen molar-refractivity contribution in [2.75, 3.05) is 27.3 Å². The maximum atomic E-state index is 12.0. The minimum Gasteiger partial charge on any atom is -0.462 e. The highest BCUT2D eigenvalue weighted by Crippen LogP contribution is 2.25. The standard InChI is InChI=1S/C8H7F3N2O2.C8H13NO3.C2H3F3N2/c1-2-15-6(14)5-3-12-7(13-4-5)8(9,10)11;1-4-12-8(11)7(6-10)5-9(2)3;3-2(4,5)1(6)7/h3-4H,2H2,1H3;5-6H,4H2,1-3H3;(H3,6,7)/b;7-5-;. The van der Waals surface area contributed by atoms with E-state index in [1.165, 1.54) is 6.20 Å². The zero-order chi connectivity index (χ0) is 27.1. The predicted molar refractivity (Wildman–Crippen MR) is 105 cm³/mol. The summed E-state index contributed by atoms with van der Waals surface area (Å²) in [5, 5.41) is 5.80. The van der Waals surface area contributed by atoms with Crippen molar-refractivity contribution in [3.8, 4) is 0 Å². The lowest BCUT2D eigenvalue weighted by molar-refractivity contribution is -0.145. The number of aldehydes is 1. The smallest absolute Gasteiger partial charge is 0.451 e. The monoisotopic (exact) mass is 503 g/mol. The van der Waals surface area contributed by atoms with Gasteiger partial charge in [-0.25, -0.2) is 19.6 Å². The number of nitrogens with two attached hydrogens (primary N) is 1. The molecule has 0 aliphatic rings. The molecule has 16 heteroatoms. The molecule has 34 heavy (non-hydrogen) atoms. The number of ether oxygens (including phenoxy) is 2. The molecule has 3 N–H and O–H groups in total. The first-order chi connectivity index (χ1) is 15.5. The molecule has 1 aromatic rings. The van der Waals surface area contributed by atoms with Gasteiger partial charge in [0.1, 0.15) is 5.57 Å². The largest absolute Gasteiger partial charge is 0.462 e. The summed E-state index contributed by atoms with van der Waals surface area (Å²) in [6.45, 7) is 3.69. The average Bonchev–Trinajstić information content (AvgIpc) is 2.72. The van der Waals surface area contributed by atoms with Crippen molar-refractivity contribution in [1.29, 1.82) is 5.41 Å². The Kier molecular flexibility index (Phi) is 14.5. The van der Waals surface area contributed by atoms with Gasteiger partial charge in [-0.15, -0.1) is 0 Å². The van der Waals surface area contributed by atoms with Crippen LogP contribution >= 0.6 is 0 Å². The van der Waals surface area contributed by atoms with Crippen molar-refractivity contribution >= 4 is 24.1 Å². The molecule has 1 rings (SSSR count). The van der Waals surface area contributed by atoms with Crippen molar-refractivity contribution < 1.29 is 50.2 Å². The van der Waals surface area contributed by atoms with Crippen molar-refractivity contribution in [2.24, 2.45) is 5.73 Å². The van der Waals surface area contributed by atoms with Crippen molar-refractivity contribution in [2.45, 2.75) is 26.2 Å². The van der Waals surface area contributed by atoms with Crippen LogP contribution in [0.3, 0.4) is 0 Å². The molecule has 0 atom stereocenters. The van der Waals surface area contributed by atoms with Gasteiger partial charge in [0.15, 0.2) is 12.1 Å². The molecule has 192 valence electrons. The molecular weight excluding hydrogens is 480 g/mol. The molecule has 0 amide bonds. The van der Waals surface area contributed by atoms with Crippen LogP contribution in [0.15, 0.2) is 24.2 Å². The van der Waals surface area contributed by atoms with Crippen LogP contribution in [0.5, 0.6) is 0 Å². The molecule has 1 heterocycles. The van der Waals surface area contributed by atoms with E-state index in [0.717, 1.165) is 12.4 Å². The van der Waals surface area contributed by atoms with Gasteiger partial charge >= 0.3 is 24.3 Å². The Balaban J connectivity index is 0. The van der Waals surface area contributed by atoms with E-state index in [4.69, 9.17) is 5.41 Å². The van der Waals surface area contributed by atoms with Gasteiger partial charge < -0.3 is 20.1 Å². The SMILES string of the molecule is CCOC(=O)/C(C=O)=C\N(C)C.CCOC(=O)c1cnc(C(F)(F)F)nc1.N=C(N)C(F)(F)F. The highest BCUT2D eigenvalue weighted by molar-refractivity contribution is 6.07. The molecule has 0 fully saturated rings. The van der Waals surface area contributed by atoms with Gasteiger partial charge in [0.05, 0.1) is 18.8 Å². The van der Waals surface area contributed by atoms with E-state index in [2.05, 4.69) is 25.2 Å². The van der Waals surface area contributed by atoms with E-state index < -0.39 is 36.0 Å².